The van der Waals surface area contributed by atoms with E-state index in [1.807, 2.05) is 25.9 Å². The van der Waals surface area contributed by atoms with Gasteiger partial charge < -0.3 is 5.11 Å². The Bertz CT molecular complexity index is 224. The molecule has 0 radical (unpaired) electrons. The first-order valence-electron chi connectivity index (χ1n) is 3.98. The Hall–Kier alpha value is -0.960. The van der Waals surface area contributed by atoms with Crippen molar-refractivity contribution in [2.45, 2.75) is 19.4 Å². The highest BCUT2D eigenvalue weighted by Crippen LogP contribution is 1.83. The van der Waals surface area contributed by atoms with Crippen LogP contribution in [0.1, 0.15) is 13.3 Å². The predicted molar refractivity (Wildman–Crippen MR) is 50.4 cm³/mol. The van der Waals surface area contributed by atoms with Crippen molar-refractivity contribution in [2.75, 3.05) is 20.6 Å². The summed E-state index contributed by atoms with van der Waals surface area (Å²) in [7, 11) is 3.89. The molecule has 0 aromatic heterocycles. The highest BCUT2D eigenvalue weighted by Gasteiger charge is 1.88. The highest BCUT2D eigenvalue weighted by atomic mass is 16.3. The monoisotopic (exact) mass is 165 g/mol. The van der Waals surface area contributed by atoms with Crippen molar-refractivity contribution in [1.29, 1.82) is 0 Å². The third-order valence-electron chi connectivity index (χ3n) is 1.17. The molecule has 0 bridgehead atoms. The molecule has 0 rings (SSSR count). The maximum absolute atomic E-state index is 9.01. The molecule has 0 aromatic carbocycles. The highest BCUT2D eigenvalue weighted by molar-refractivity contribution is 5.27. The van der Waals surface area contributed by atoms with Crippen molar-refractivity contribution in [3.8, 4) is 23.7 Å². The van der Waals surface area contributed by atoms with E-state index < -0.39 is 6.10 Å². The lowest BCUT2D eigenvalue weighted by molar-refractivity contribution is 0.228. The van der Waals surface area contributed by atoms with Gasteiger partial charge in [-0.2, -0.15) is 0 Å². The van der Waals surface area contributed by atoms with E-state index in [1.54, 1.807) is 0 Å². The number of hydrogen-bond acceptors (Lipinski definition) is 2. The maximum atomic E-state index is 9.01. The molecule has 0 aliphatic rings. The minimum absolute atomic E-state index is 0.529. The van der Waals surface area contributed by atoms with Crippen molar-refractivity contribution in [2.24, 2.45) is 0 Å². The van der Waals surface area contributed by atoms with E-state index in [0.717, 1.165) is 0 Å². The van der Waals surface area contributed by atoms with E-state index in [9.17, 15) is 0 Å². The van der Waals surface area contributed by atoms with Crippen LogP contribution >= 0.6 is 0 Å². The molecule has 0 aliphatic carbocycles. The van der Waals surface area contributed by atoms with Gasteiger partial charge in [-0.15, -0.1) is 0 Å². The Balaban J connectivity index is 3.73. The van der Waals surface area contributed by atoms with Crippen LogP contribution in [0.15, 0.2) is 0 Å². The predicted octanol–water partition coefficient (Wildman–Crippen LogP) is 0.326. The fourth-order valence-electron chi connectivity index (χ4n) is 0.463. The Labute approximate surface area is 74.6 Å². The number of aliphatic hydroxyl groups is 1. The van der Waals surface area contributed by atoms with Gasteiger partial charge >= 0.3 is 0 Å². The zero-order valence-electron chi connectivity index (χ0n) is 7.89. The SMILES string of the molecule is CCC(O)C#CC#CCN(C)C. The molecule has 0 saturated carbocycles. The van der Waals surface area contributed by atoms with Gasteiger partial charge in [-0.05, 0) is 32.4 Å². The average Bonchev–Trinajstić information content (AvgIpc) is 2.03. The molecule has 0 aromatic rings. The molecular formula is C10H15NO. The Morgan fingerprint density at radius 2 is 2.00 bits per heavy atom. The summed E-state index contributed by atoms with van der Waals surface area (Å²) in [6, 6.07) is 0. The average molecular weight is 165 g/mol. The molecule has 1 unspecified atom stereocenters. The molecule has 0 heterocycles. The Morgan fingerprint density at radius 3 is 2.50 bits per heavy atom. The molecule has 1 N–H and O–H groups in total. The van der Waals surface area contributed by atoms with Crippen LogP contribution in [0.2, 0.25) is 0 Å². The number of nitrogens with zero attached hydrogens (tertiary/aromatic N) is 1. The van der Waals surface area contributed by atoms with Crippen LogP contribution in [-0.4, -0.2) is 36.8 Å². The largest absolute Gasteiger partial charge is 0.380 e. The van der Waals surface area contributed by atoms with Gasteiger partial charge in [-0.1, -0.05) is 18.8 Å². The van der Waals surface area contributed by atoms with Crippen LogP contribution in [0.25, 0.3) is 0 Å². The normalized spacial score (nSPS) is 11.1. The summed E-state index contributed by atoms with van der Waals surface area (Å²) in [6.07, 6.45) is 0.126. The van der Waals surface area contributed by atoms with Crippen LogP contribution in [0.4, 0.5) is 0 Å². The molecule has 2 heteroatoms. The maximum Gasteiger partial charge on any atom is 0.115 e. The lowest BCUT2D eigenvalue weighted by atomic mass is 10.3. The second-order valence-corrected chi connectivity index (χ2v) is 2.73. The van der Waals surface area contributed by atoms with Crippen molar-refractivity contribution in [3.63, 3.8) is 0 Å². The number of rotatable bonds is 2. The minimum atomic E-state index is -0.529. The van der Waals surface area contributed by atoms with E-state index in [-0.39, 0.29) is 0 Å². The summed E-state index contributed by atoms with van der Waals surface area (Å²) >= 11 is 0. The van der Waals surface area contributed by atoms with Crippen molar-refractivity contribution in [3.05, 3.63) is 0 Å². The van der Waals surface area contributed by atoms with Gasteiger partial charge in [0.1, 0.15) is 6.10 Å². The van der Waals surface area contributed by atoms with Gasteiger partial charge in [-0.3, -0.25) is 4.90 Å². The first kappa shape index (κ1) is 11.0. The molecule has 12 heavy (non-hydrogen) atoms. The Morgan fingerprint density at radius 1 is 1.33 bits per heavy atom. The molecule has 2 nitrogen and oxygen atoms in total. The Kier molecular flexibility index (Phi) is 6.19. The fraction of sp³-hybridized carbons (Fsp3) is 0.600. The topological polar surface area (TPSA) is 23.5 Å². The number of aliphatic hydroxyl groups excluding tert-OH is 1. The van der Waals surface area contributed by atoms with Crippen LogP contribution in [0.3, 0.4) is 0 Å². The summed E-state index contributed by atoms with van der Waals surface area (Å²) in [5.41, 5.74) is 0. The molecule has 0 saturated heterocycles. The summed E-state index contributed by atoms with van der Waals surface area (Å²) in [5, 5.41) is 9.01. The number of hydrogen-bond donors (Lipinski definition) is 1. The van der Waals surface area contributed by atoms with Crippen LogP contribution in [0.5, 0.6) is 0 Å². The van der Waals surface area contributed by atoms with Gasteiger partial charge in [0.2, 0.25) is 0 Å². The lowest BCUT2D eigenvalue weighted by Crippen LogP contribution is -2.10. The van der Waals surface area contributed by atoms with Gasteiger partial charge in [0.25, 0.3) is 0 Å². The van der Waals surface area contributed by atoms with Gasteiger partial charge in [-0.25, -0.2) is 0 Å². The quantitative estimate of drug-likeness (QED) is 0.596. The summed E-state index contributed by atoms with van der Waals surface area (Å²) < 4.78 is 0. The second-order valence-electron chi connectivity index (χ2n) is 2.73. The summed E-state index contributed by atoms with van der Waals surface area (Å²) in [5.74, 6) is 10.7. The van der Waals surface area contributed by atoms with E-state index >= 15 is 0 Å². The molecule has 66 valence electrons. The van der Waals surface area contributed by atoms with E-state index in [2.05, 4.69) is 23.7 Å². The lowest BCUT2D eigenvalue weighted by Gasteiger charge is -1.99. The third kappa shape index (κ3) is 7.15. The smallest absolute Gasteiger partial charge is 0.115 e. The zero-order chi connectivity index (χ0) is 9.40. The molecule has 0 spiro atoms. The van der Waals surface area contributed by atoms with E-state index in [0.29, 0.717) is 13.0 Å². The van der Waals surface area contributed by atoms with Gasteiger partial charge in [0.05, 0.1) is 6.54 Å². The van der Waals surface area contributed by atoms with Crippen LogP contribution in [-0.2, 0) is 0 Å². The first-order valence-corrected chi connectivity index (χ1v) is 3.98. The third-order valence-corrected chi connectivity index (χ3v) is 1.17. The van der Waals surface area contributed by atoms with Crippen LogP contribution < -0.4 is 0 Å². The summed E-state index contributed by atoms with van der Waals surface area (Å²) in [6.45, 7) is 2.59. The molecular weight excluding hydrogens is 150 g/mol. The molecule has 0 amide bonds. The van der Waals surface area contributed by atoms with Crippen molar-refractivity contribution in [1.82, 2.24) is 4.90 Å². The fourth-order valence-corrected chi connectivity index (χ4v) is 0.463. The second kappa shape index (κ2) is 6.73. The molecule has 0 fully saturated rings. The summed E-state index contributed by atoms with van der Waals surface area (Å²) in [4.78, 5) is 1.96. The van der Waals surface area contributed by atoms with Gasteiger partial charge in [0.15, 0.2) is 0 Å². The van der Waals surface area contributed by atoms with E-state index in [4.69, 9.17) is 5.11 Å². The molecule has 0 aliphatic heterocycles. The minimum Gasteiger partial charge on any atom is -0.380 e. The van der Waals surface area contributed by atoms with E-state index in [1.165, 1.54) is 0 Å². The standard InChI is InChI=1S/C10H15NO/c1-4-10(12)8-6-5-7-9-11(2)3/h10,12H,4,9H2,1-3H3. The first-order chi connectivity index (χ1) is 5.66. The molecule has 1 atom stereocenters. The van der Waals surface area contributed by atoms with Gasteiger partial charge in [0, 0.05) is 0 Å². The van der Waals surface area contributed by atoms with Crippen molar-refractivity contribution >= 4 is 0 Å². The zero-order valence-corrected chi connectivity index (χ0v) is 7.89. The van der Waals surface area contributed by atoms with Crippen molar-refractivity contribution < 1.29 is 5.11 Å². The van der Waals surface area contributed by atoms with Crippen LogP contribution in [0, 0.1) is 23.7 Å².